The van der Waals surface area contributed by atoms with Crippen molar-refractivity contribution in [1.82, 2.24) is 5.32 Å². The number of aryl methyl sites for hydroxylation is 1. The number of carbonyl (C=O) groups is 2. The molecule has 0 saturated carbocycles. The summed E-state index contributed by atoms with van der Waals surface area (Å²) in [4.78, 5) is 24.3. The molecule has 0 aliphatic carbocycles. The second-order valence-electron chi connectivity index (χ2n) is 6.65. The topological polar surface area (TPSA) is 46.2 Å². The fourth-order valence-electron chi connectivity index (χ4n) is 2.48. The summed E-state index contributed by atoms with van der Waals surface area (Å²) < 4.78 is 0. The maximum Gasteiger partial charge on any atom is 0.220 e. The van der Waals surface area contributed by atoms with Crippen molar-refractivity contribution in [3.05, 3.63) is 35.9 Å². The Morgan fingerprint density at radius 2 is 1.68 bits per heavy atom. The van der Waals surface area contributed by atoms with E-state index in [1.165, 1.54) is 5.56 Å². The molecule has 0 radical (unpaired) electrons. The Balaban J connectivity index is 2.44. The smallest absolute Gasteiger partial charge is 0.220 e. The van der Waals surface area contributed by atoms with Crippen molar-refractivity contribution >= 4 is 11.7 Å². The van der Waals surface area contributed by atoms with Gasteiger partial charge in [-0.2, -0.15) is 0 Å². The third kappa shape index (κ3) is 6.88. The average molecular weight is 303 g/mol. The highest BCUT2D eigenvalue weighted by molar-refractivity contribution is 5.90. The second kappa shape index (κ2) is 9.39. The third-order valence-corrected chi connectivity index (χ3v) is 3.67. The van der Waals surface area contributed by atoms with Gasteiger partial charge in [-0.25, -0.2) is 0 Å². The molecule has 3 nitrogen and oxygen atoms in total. The van der Waals surface area contributed by atoms with Gasteiger partial charge < -0.3 is 5.32 Å². The molecule has 1 rings (SSSR count). The number of hydrogen-bond donors (Lipinski definition) is 1. The molecule has 3 heteroatoms. The van der Waals surface area contributed by atoms with Crippen molar-refractivity contribution in [2.75, 3.05) is 0 Å². The second-order valence-corrected chi connectivity index (χ2v) is 6.65. The molecule has 0 aliphatic heterocycles. The highest BCUT2D eigenvalue weighted by Gasteiger charge is 2.23. The van der Waals surface area contributed by atoms with Crippen LogP contribution in [-0.2, 0) is 16.0 Å². The molecule has 1 atom stereocenters. The molecular formula is C19H29NO2. The highest BCUT2D eigenvalue weighted by atomic mass is 16.2. The molecule has 1 unspecified atom stereocenters. The van der Waals surface area contributed by atoms with Crippen LogP contribution >= 0.6 is 0 Å². The minimum absolute atomic E-state index is 0.0180. The van der Waals surface area contributed by atoms with Gasteiger partial charge >= 0.3 is 0 Å². The Morgan fingerprint density at radius 3 is 2.23 bits per heavy atom. The van der Waals surface area contributed by atoms with Gasteiger partial charge in [-0.3, -0.25) is 9.59 Å². The highest BCUT2D eigenvalue weighted by Crippen LogP contribution is 2.11. The number of carbonyl (C=O) groups excluding carboxylic acids is 2. The van der Waals surface area contributed by atoms with E-state index in [1.54, 1.807) is 0 Å². The number of rotatable bonds is 9. The van der Waals surface area contributed by atoms with Gasteiger partial charge in [-0.05, 0) is 30.7 Å². The van der Waals surface area contributed by atoms with Gasteiger partial charge in [0.15, 0.2) is 5.78 Å². The zero-order valence-electron chi connectivity index (χ0n) is 14.3. The predicted molar refractivity (Wildman–Crippen MR) is 90.6 cm³/mol. The summed E-state index contributed by atoms with van der Waals surface area (Å²) in [7, 11) is 0. The van der Waals surface area contributed by atoms with E-state index in [0.29, 0.717) is 18.8 Å². The van der Waals surface area contributed by atoms with Crippen LogP contribution in [-0.4, -0.2) is 17.7 Å². The maximum absolute atomic E-state index is 12.2. The van der Waals surface area contributed by atoms with Gasteiger partial charge in [0, 0.05) is 12.3 Å². The van der Waals surface area contributed by atoms with Gasteiger partial charge in [0.1, 0.15) is 0 Å². The van der Waals surface area contributed by atoms with E-state index >= 15 is 0 Å². The Hall–Kier alpha value is -1.64. The Morgan fingerprint density at radius 1 is 1.05 bits per heavy atom. The molecule has 0 aliphatic rings. The lowest BCUT2D eigenvalue weighted by molar-refractivity contribution is -0.129. The van der Waals surface area contributed by atoms with Crippen LogP contribution in [0.5, 0.6) is 0 Å². The lowest BCUT2D eigenvalue weighted by Crippen LogP contribution is -2.43. The number of ketones is 1. The molecule has 122 valence electrons. The fraction of sp³-hybridized carbons (Fsp3) is 0.579. The summed E-state index contributed by atoms with van der Waals surface area (Å²) in [5.41, 5.74) is 1.24. The van der Waals surface area contributed by atoms with E-state index in [-0.39, 0.29) is 23.7 Å². The van der Waals surface area contributed by atoms with Crippen molar-refractivity contribution in [2.45, 2.75) is 59.4 Å². The van der Waals surface area contributed by atoms with Crippen LogP contribution in [0.4, 0.5) is 0 Å². The van der Waals surface area contributed by atoms with Crippen molar-refractivity contribution in [2.24, 2.45) is 11.8 Å². The van der Waals surface area contributed by atoms with Crippen LogP contribution in [0.25, 0.3) is 0 Å². The monoisotopic (exact) mass is 303 g/mol. The summed E-state index contributed by atoms with van der Waals surface area (Å²) in [6.45, 7) is 7.92. The van der Waals surface area contributed by atoms with Gasteiger partial charge in [0.2, 0.25) is 5.91 Å². The van der Waals surface area contributed by atoms with E-state index in [9.17, 15) is 9.59 Å². The average Bonchev–Trinajstić information content (AvgIpc) is 2.46. The Bertz CT molecular complexity index is 466. The Labute approximate surface area is 134 Å². The molecule has 1 N–H and O–H groups in total. The van der Waals surface area contributed by atoms with E-state index in [2.05, 4.69) is 31.3 Å². The molecule has 0 bridgehead atoms. The molecule has 0 heterocycles. The van der Waals surface area contributed by atoms with Crippen LogP contribution in [0.15, 0.2) is 30.3 Å². The van der Waals surface area contributed by atoms with Crippen LogP contribution in [0.1, 0.15) is 52.5 Å². The third-order valence-electron chi connectivity index (χ3n) is 3.67. The number of nitrogens with one attached hydrogen (secondary N) is 1. The van der Waals surface area contributed by atoms with E-state index in [1.807, 2.05) is 32.0 Å². The summed E-state index contributed by atoms with van der Waals surface area (Å²) in [6.07, 6.45) is 2.87. The molecular weight excluding hydrogens is 274 g/mol. The summed E-state index contributed by atoms with van der Waals surface area (Å²) in [5, 5.41) is 2.93. The fourth-order valence-corrected chi connectivity index (χ4v) is 2.48. The van der Waals surface area contributed by atoms with E-state index < -0.39 is 0 Å². The predicted octanol–water partition coefficient (Wildman–Crippen LogP) is 3.77. The minimum atomic E-state index is -0.343. The minimum Gasteiger partial charge on any atom is -0.346 e. The number of hydrogen-bond acceptors (Lipinski definition) is 2. The molecule has 0 fully saturated rings. The normalized spacial score (nSPS) is 12.5. The van der Waals surface area contributed by atoms with Gasteiger partial charge in [-0.1, -0.05) is 58.0 Å². The molecule has 0 aromatic heterocycles. The first kappa shape index (κ1) is 18.4. The molecule has 22 heavy (non-hydrogen) atoms. The van der Waals surface area contributed by atoms with Crippen molar-refractivity contribution < 1.29 is 9.59 Å². The van der Waals surface area contributed by atoms with Crippen LogP contribution in [0.2, 0.25) is 0 Å². The standard InChI is InChI=1S/C19H29NO2/c1-14(2)13-17(19(22)15(3)4)20-18(21)12-8-11-16-9-6-5-7-10-16/h5-7,9-10,14-15,17H,8,11-13H2,1-4H3,(H,20,21). The largest absolute Gasteiger partial charge is 0.346 e. The first-order valence-electron chi connectivity index (χ1n) is 8.27. The van der Waals surface area contributed by atoms with Gasteiger partial charge in [0.25, 0.3) is 0 Å². The Kier molecular flexibility index (Phi) is 7.86. The van der Waals surface area contributed by atoms with Crippen molar-refractivity contribution in [1.29, 1.82) is 0 Å². The van der Waals surface area contributed by atoms with E-state index in [4.69, 9.17) is 0 Å². The summed E-state index contributed by atoms with van der Waals surface area (Å²) in [5.74, 6) is 0.450. The molecule has 1 aromatic rings. The van der Waals surface area contributed by atoms with Crippen molar-refractivity contribution in [3.63, 3.8) is 0 Å². The maximum atomic E-state index is 12.2. The lowest BCUT2D eigenvalue weighted by atomic mass is 9.94. The number of benzene rings is 1. The van der Waals surface area contributed by atoms with Gasteiger partial charge in [-0.15, -0.1) is 0 Å². The van der Waals surface area contributed by atoms with Gasteiger partial charge in [0.05, 0.1) is 6.04 Å². The summed E-state index contributed by atoms with van der Waals surface area (Å²) >= 11 is 0. The number of Topliss-reactive ketones (excluding diaryl/α,β-unsaturated/α-hetero) is 1. The molecule has 0 saturated heterocycles. The lowest BCUT2D eigenvalue weighted by Gasteiger charge is -2.21. The van der Waals surface area contributed by atoms with Crippen molar-refractivity contribution in [3.8, 4) is 0 Å². The quantitative estimate of drug-likeness (QED) is 0.755. The summed E-state index contributed by atoms with van der Waals surface area (Å²) in [6, 6.07) is 9.81. The molecule has 0 spiro atoms. The zero-order valence-corrected chi connectivity index (χ0v) is 14.3. The molecule has 1 amide bonds. The molecule has 1 aromatic carbocycles. The number of amides is 1. The first-order chi connectivity index (χ1) is 10.4. The first-order valence-corrected chi connectivity index (χ1v) is 8.27. The van der Waals surface area contributed by atoms with Crippen LogP contribution in [0, 0.1) is 11.8 Å². The SMILES string of the molecule is CC(C)CC(NC(=O)CCCc1ccccc1)C(=O)C(C)C. The van der Waals surface area contributed by atoms with E-state index in [0.717, 1.165) is 12.8 Å². The van der Waals surface area contributed by atoms with Crippen LogP contribution < -0.4 is 5.32 Å². The van der Waals surface area contributed by atoms with Crippen LogP contribution in [0.3, 0.4) is 0 Å². The zero-order chi connectivity index (χ0) is 16.5.